The third-order valence-electron chi connectivity index (χ3n) is 3.38. The van der Waals surface area contributed by atoms with E-state index in [1.54, 1.807) is 12.1 Å². The molecule has 0 amide bonds. The molecule has 1 aliphatic heterocycles. The number of nitrogen functional groups attached to an aromatic ring is 1. The van der Waals surface area contributed by atoms with Crippen LogP contribution in [0.5, 0.6) is 0 Å². The number of rotatable bonds is 2. The van der Waals surface area contributed by atoms with Gasteiger partial charge in [0.05, 0.1) is 0 Å². The maximum Gasteiger partial charge on any atom is 0.246 e. The van der Waals surface area contributed by atoms with Crippen LogP contribution >= 0.6 is 0 Å². The van der Waals surface area contributed by atoms with Crippen molar-refractivity contribution in [3.05, 3.63) is 59.4 Å². The highest BCUT2D eigenvalue weighted by Crippen LogP contribution is 2.30. The van der Waals surface area contributed by atoms with Gasteiger partial charge in [0.25, 0.3) is 0 Å². The number of fused-ring (bicyclic) bond motifs is 1. The van der Waals surface area contributed by atoms with Crippen LogP contribution in [0.15, 0.2) is 47.4 Å². The molecule has 6 heteroatoms. The Bertz CT molecular complexity index is 774. The molecule has 0 aromatic heterocycles. The molecule has 0 spiro atoms. The van der Waals surface area contributed by atoms with Crippen molar-refractivity contribution in [3.8, 4) is 0 Å². The predicted octanol–water partition coefficient (Wildman–Crippen LogP) is 2.11. The van der Waals surface area contributed by atoms with Crippen molar-refractivity contribution < 1.29 is 12.8 Å². The molecule has 2 N–H and O–H groups in total. The van der Waals surface area contributed by atoms with E-state index in [0.717, 1.165) is 17.2 Å². The van der Waals surface area contributed by atoms with E-state index < -0.39 is 15.8 Å². The third-order valence-corrected chi connectivity index (χ3v) is 5.20. The van der Waals surface area contributed by atoms with Gasteiger partial charge in [0.15, 0.2) is 0 Å². The predicted molar refractivity (Wildman–Crippen MR) is 73.7 cm³/mol. The maximum atomic E-state index is 13.7. The lowest BCUT2D eigenvalue weighted by molar-refractivity contribution is 0.427. The Balaban J connectivity index is 1.98. The first-order valence-corrected chi connectivity index (χ1v) is 7.54. The minimum absolute atomic E-state index is 0.219. The summed E-state index contributed by atoms with van der Waals surface area (Å²) < 4.78 is 39.9. The molecule has 1 heterocycles. The first-order valence-electron chi connectivity index (χ1n) is 6.10. The van der Waals surface area contributed by atoms with Gasteiger partial charge in [-0.25, -0.2) is 12.8 Å². The van der Waals surface area contributed by atoms with Crippen molar-refractivity contribution in [1.29, 1.82) is 0 Å². The summed E-state index contributed by atoms with van der Waals surface area (Å²) in [5, 5.41) is 0. The molecule has 0 radical (unpaired) electrons. The van der Waals surface area contributed by atoms with E-state index in [2.05, 4.69) is 0 Å². The quantitative estimate of drug-likeness (QED) is 0.862. The largest absolute Gasteiger partial charge is 0.399 e. The van der Waals surface area contributed by atoms with E-state index in [1.165, 1.54) is 22.5 Å². The van der Waals surface area contributed by atoms with Gasteiger partial charge in [0, 0.05) is 18.8 Å². The summed E-state index contributed by atoms with van der Waals surface area (Å²) in [4.78, 5) is -0.291. The number of benzene rings is 2. The normalized spacial score (nSPS) is 15.2. The lowest BCUT2D eigenvalue weighted by Gasteiger charge is -2.15. The molecule has 0 atom stereocenters. The van der Waals surface area contributed by atoms with Gasteiger partial charge in [-0.15, -0.1) is 0 Å². The summed E-state index contributed by atoms with van der Waals surface area (Å²) in [5.74, 6) is -0.733. The molecular weight excluding hydrogens is 279 g/mol. The van der Waals surface area contributed by atoms with Gasteiger partial charge in [-0.3, -0.25) is 0 Å². The highest BCUT2D eigenvalue weighted by molar-refractivity contribution is 7.89. The van der Waals surface area contributed by atoms with Crippen molar-refractivity contribution >= 4 is 15.7 Å². The average molecular weight is 292 g/mol. The Labute approximate surface area is 116 Å². The smallest absolute Gasteiger partial charge is 0.246 e. The Morgan fingerprint density at radius 2 is 1.75 bits per heavy atom. The van der Waals surface area contributed by atoms with Crippen molar-refractivity contribution in [1.82, 2.24) is 4.31 Å². The Morgan fingerprint density at radius 3 is 2.50 bits per heavy atom. The Morgan fingerprint density at radius 1 is 1.05 bits per heavy atom. The third kappa shape index (κ3) is 2.07. The van der Waals surface area contributed by atoms with Crippen LogP contribution in [0.3, 0.4) is 0 Å². The van der Waals surface area contributed by atoms with Crippen LogP contribution in [-0.4, -0.2) is 12.7 Å². The van der Waals surface area contributed by atoms with Crippen LogP contribution in [0.1, 0.15) is 11.1 Å². The summed E-state index contributed by atoms with van der Waals surface area (Å²) in [6.07, 6.45) is 0. The summed E-state index contributed by atoms with van der Waals surface area (Å²) in [6.45, 7) is 0.462. The first kappa shape index (κ1) is 13.1. The lowest BCUT2D eigenvalue weighted by Crippen LogP contribution is -2.26. The first-order chi connectivity index (χ1) is 9.48. The highest BCUT2D eigenvalue weighted by atomic mass is 32.2. The summed E-state index contributed by atoms with van der Waals surface area (Å²) in [7, 11) is -3.83. The summed E-state index contributed by atoms with van der Waals surface area (Å²) in [5.41, 5.74) is 8.05. The maximum absolute atomic E-state index is 13.7. The molecule has 2 aromatic carbocycles. The van der Waals surface area contributed by atoms with Gasteiger partial charge >= 0.3 is 0 Å². The van der Waals surface area contributed by atoms with Crippen molar-refractivity contribution in [2.24, 2.45) is 0 Å². The minimum Gasteiger partial charge on any atom is -0.399 e. The zero-order valence-corrected chi connectivity index (χ0v) is 11.4. The number of hydrogen-bond acceptors (Lipinski definition) is 3. The number of anilines is 1. The molecule has 1 aliphatic rings. The van der Waals surface area contributed by atoms with Crippen LogP contribution in [-0.2, 0) is 23.1 Å². The van der Waals surface area contributed by atoms with Crippen LogP contribution < -0.4 is 5.73 Å². The van der Waals surface area contributed by atoms with Crippen molar-refractivity contribution in [3.63, 3.8) is 0 Å². The number of sulfonamides is 1. The minimum atomic E-state index is -3.83. The standard InChI is InChI=1S/C14H13FN2O2S/c15-13-3-1-2-4-14(13)20(18,19)17-8-10-5-6-12(16)7-11(10)9-17/h1-7H,8-9,16H2. The topological polar surface area (TPSA) is 63.4 Å². The van der Waals surface area contributed by atoms with E-state index in [4.69, 9.17) is 5.73 Å². The molecule has 0 bridgehead atoms. The Hall–Kier alpha value is -1.92. The molecule has 2 aromatic rings. The fourth-order valence-corrected chi connectivity index (χ4v) is 3.81. The molecule has 104 valence electrons. The van der Waals surface area contributed by atoms with Gasteiger partial charge in [-0.05, 0) is 35.4 Å². The van der Waals surface area contributed by atoms with E-state index in [9.17, 15) is 12.8 Å². The zero-order valence-electron chi connectivity index (χ0n) is 10.6. The number of nitrogens with zero attached hydrogens (tertiary/aromatic N) is 1. The van der Waals surface area contributed by atoms with Gasteiger partial charge in [-0.2, -0.15) is 4.31 Å². The monoisotopic (exact) mass is 292 g/mol. The average Bonchev–Trinajstić information content (AvgIpc) is 2.82. The molecule has 0 saturated carbocycles. The van der Waals surface area contributed by atoms with Gasteiger partial charge in [0.1, 0.15) is 10.7 Å². The van der Waals surface area contributed by atoms with E-state index >= 15 is 0 Å². The number of hydrogen-bond donors (Lipinski definition) is 1. The summed E-state index contributed by atoms with van der Waals surface area (Å²) in [6, 6.07) is 10.7. The second-order valence-electron chi connectivity index (χ2n) is 4.73. The second kappa shape index (κ2) is 4.57. The second-order valence-corrected chi connectivity index (χ2v) is 6.64. The van der Waals surface area contributed by atoms with Crippen LogP contribution in [0, 0.1) is 5.82 Å². The van der Waals surface area contributed by atoms with Crippen LogP contribution in [0.4, 0.5) is 10.1 Å². The summed E-state index contributed by atoms with van der Waals surface area (Å²) >= 11 is 0. The zero-order chi connectivity index (χ0) is 14.3. The molecule has 0 unspecified atom stereocenters. The molecule has 0 fully saturated rings. The SMILES string of the molecule is Nc1ccc2c(c1)CN(S(=O)(=O)c1ccccc1F)C2. The highest BCUT2D eigenvalue weighted by Gasteiger charge is 2.32. The molecule has 20 heavy (non-hydrogen) atoms. The molecular formula is C14H13FN2O2S. The fraction of sp³-hybridized carbons (Fsp3) is 0.143. The molecule has 0 aliphatic carbocycles. The molecule has 3 rings (SSSR count). The number of nitrogens with two attached hydrogens (primary N) is 1. The number of halogens is 1. The Kier molecular flexibility index (Phi) is 2.99. The molecule has 4 nitrogen and oxygen atoms in total. The van der Waals surface area contributed by atoms with E-state index in [1.807, 2.05) is 6.07 Å². The van der Waals surface area contributed by atoms with Gasteiger partial charge in [0.2, 0.25) is 10.0 Å². The van der Waals surface area contributed by atoms with E-state index in [-0.39, 0.29) is 18.0 Å². The van der Waals surface area contributed by atoms with Gasteiger partial charge in [-0.1, -0.05) is 18.2 Å². The van der Waals surface area contributed by atoms with Gasteiger partial charge < -0.3 is 5.73 Å². The van der Waals surface area contributed by atoms with Crippen LogP contribution in [0.2, 0.25) is 0 Å². The molecule has 0 saturated heterocycles. The van der Waals surface area contributed by atoms with Crippen LogP contribution in [0.25, 0.3) is 0 Å². The van der Waals surface area contributed by atoms with E-state index in [0.29, 0.717) is 5.69 Å². The van der Waals surface area contributed by atoms with Crippen molar-refractivity contribution in [2.75, 3.05) is 5.73 Å². The lowest BCUT2D eigenvalue weighted by atomic mass is 10.1. The van der Waals surface area contributed by atoms with Crippen molar-refractivity contribution in [2.45, 2.75) is 18.0 Å². The fourth-order valence-electron chi connectivity index (χ4n) is 2.35.